The van der Waals surface area contributed by atoms with Crippen LogP contribution < -0.4 is 10.6 Å². The SMILES string of the molecule is Cc1cnn(CC(C)NCC(=O)N2CCN(C(=O)CNC(C)Cn3cc(C)cn3)CC2)c1. The molecule has 32 heavy (non-hydrogen) atoms. The van der Waals surface area contributed by atoms with Gasteiger partial charge in [-0.1, -0.05) is 0 Å². The Kier molecular flexibility index (Phi) is 8.40. The lowest BCUT2D eigenvalue weighted by Gasteiger charge is -2.35. The summed E-state index contributed by atoms with van der Waals surface area (Å²) in [6, 6.07) is 0.277. The van der Waals surface area contributed by atoms with Gasteiger partial charge in [0.05, 0.1) is 38.6 Å². The normalized spacial score (nSPS) is 16.2. The predicted octanol–water partition coefficient (Wildman–Crippen LogP) is 0.0236. The molecule has 0 saturated carbocycles. The highest BCUT2D eigenvalue weighted by molar-refractivity contribution is 5.80. The first kappa shape index (κ1) is 23.9. The highest BCUT2D eigenvalue weighted by Crippen LogP contribution is 2.04. The summed E-state index contributed by atoms with van der Waals surface area (Å²) < 4.78 is 3.76. The average molecular weight is 445 g/mol. The van der Waals surface area contributed by atoms with Crippen molar-refractivity contribution < 1.29 is 9.59 Å². The summed E-state index contributed by atoms with van der Waals surface area (Å²) in [6.07, 6.45) is 7.64. The maximum atomic E-state index is 12.5. The molecule has 0 spiro atoms. The van der Waals surface area contributed by atoms with Crippen LogP contribution in [-0.2, 0) is 22.7 Å². The van der Waals surface area contributed by atoms with Crippen molar-refractivity contribution in [1.82, 2.24) is 40.0 Å². The van der Waals surface area contributed by atoms with E-state index in [4.69, 9.17) is 0 Å². The van der Waals surface area contributed by atoms with Crippen molar-refractivity contribution in [3.63, 3.8) is 0 Å². The number of nitrogens with zero attached hydrogens (tertiary/aromatic N) is 6. The quantitative estimate of drug-likeness (QED) is 0.536. The number of hydrogen-bond acceptors (Lipinski definition) is 6. The van der Waals surface area contributed by atoms with E-state index in [-0.39, 0.29) is 23.9 Å². The molecule has 0 aliphatic carbocycles. The van der Waals surface area contributed by atoms with Gasteiger partial charge in [-0.25, -0.2) is 0 Å². The van der Waals surface area contributed by atoms with E-state index in [1.54, 1.807) is 0 Å². The van der Waals surface area contributed by atoms with Crippen LogP contribution in [0, 0.1) is 13.8 Å². The number of carbonyl (C=O) groups is 2. The van der Waals surface area contributed by atoms with Gasteiger partial charge >= 0.3 is 0 Å². The minimum atomic E-state index is 0.0712. The number of amides is 2. The van der Waals surface area contributed by atoms with Gasteiger partial charge in [-0.05, 0) is 38.8 Å². The molecule has 1 fully saturated rings. The lowest BCUT2D eigenvalue weighted by molar-refractivity contribution is -0.138. The van der Waals surface area contributed by atoms with E-state index >= 15 is 0 Å². The molecule has 0 bridgehead atoms. The first-order chi connectivity index (χ1) is 15.3. The monoisotopic (exact) mass is 444 g/mol. The number of rotatable bonds is 10. The molecule has 2 amide bonds. The van der Waals surface area contributed by atoms with Gasteiger partial charge in [-0.2, -0.15) is 10.2 Å². The number of aryl methyl sites for hydroxylation is 2. The van der Waals surface area contributed by atoms with Gasteiger partial charge in [0.25, 0.3) is 0 Å². The minimum absolute atomic E-state index is 0.0712. The standard InChI is InChI=1S/C22H36N8O2/c1-17-9-25-29(13-17)15-19(3)23-11-21(31)27-5-7-28(8-6-27)22(32)12-24-20(4)16-30-14-18(2)10-26-30/h9-10,13-14,19-20,23-24H,5-8,11-12,15-16H2,1-4H3. The van der Waals surface area contributed by atoms with Crippen molar-refractivity contribution >= 4 is 11.8 Å². The molecule has 2 aromatic heterocycles. The van der Waals surface area contributed by atoms with Gasteiger partial charge in [0.1, 0.15) is 0 Å². The van der Waals surface area contributed by atoms with Crippen LogP contribution in [0.5, 0.6) is 0 Å². The number of aromatic nitrogens is 4. The summed E-state index contributed by atoms with van der Waals surface area (Å²) in [5, 5.41) is 15.1. The van der Waals surface area contributed by atoms with Gasteiger partial charge in [0.15, 0.2) is 0 Å². The Morgan fingerprint density at radius 1 is 0.812 bits per heavy atom. The number of carbonyl (C=O) groups excluding carboxylic acids is 2. The van der Waals surface area contributed by atoms with E-state index in [1.165, 1.54) is 0 Å². The maximum Gasteiger partial charge on any atom is 0.236 e. The molecule has 176 valence electrons. The molecule has 0 radical (unpaired) electrons. The van der Waals surface area contributed by atoms with E-state index < -0.39 is 0 Å². The van der Waals surface area contributed by atoms with E-state index in [0.717, 1.165) is 24.2 Å². The zero-order valence-corrected chi connectivity index (χ0v) is 19.6. The third-order valence-electron chi connectivity index (χ3n) is 5.64. The van der Waals surface area contributed by atoms with Crippen LogP contribution in [0.3, 0.4) is 0 Å². The van der Waals surface area contributed by atoms with Crippen LogP contribution in [-0.4, -0.2) is 92.5 Å². The number of piperazine rings is 1. The molecular weight excluding hydrogens is 408 g/mol. The summed E-state index contributed by atoms with van der Waals surface area (Å²) in [6.45, 7) is 12.4. The average Bonchev–Trinajstić information content (AvgIpc) is 3.37. The first-order valence-electron chi connectivity index (χ1n) is 11.3. The number of nitrogens with one attached hydrogen (secondary N) is 2. The smallest absolute Gasteiger partial charge is 0.236 e. The molecule has 1 aliphatic heterocycles. The van der Waals surface area contributed by atoms with Crippen molar-refractivity contribution in [2.45, 2.75) is 52.9 Å². The molecule has 2 N–H and O–H groups in total. The first-order valence-corrected chi connectivity index (χ1v) is 11.3. The molecule has 3 heterocycles. The highest BCUT2D eigenvalue weighted by atomic mass is 16.2. The van der Waals surface area contributed by atoms with Crippen LogP contribution in [0.4, 0.5) is 0 Å². The summed E-state index contributed by atoms with van der Waals surface area (Å²) in [5.41, 5.74) is 2.25. The molecular formula is C22H36N8O2. The molecule has 2 unspecified atom stereocenters. The Morgan fingerprint density at radius 2 is 1.19 bits per heavy atom. The van der Waals surface area contributed by atoms with Gasteiger partial charge in [0.2, 0.25) is 11.8 Å². The fraction of sp³-hybridized carbons (Fsp3) is 0.636. The molecule has 3 rings (SSSR count). The van der Waals surface area contributed by atoms with Crippen LogP contribution in [0.1, 0.15) is 25.0 Å². The van der Waals surface area contributed by atoms with E-state index in [0.29, 0.717) is 39.3 Å². The van der Waals surface area contributed by atoms with Crippen LogP contribution in [0.25, 0.3) is 0 Å². The second kappa shape index (κ2) is 11.2. The summed E-state index contributed by atoms with van der Waals surface area (Å²) >= 11 is 0. The predicted molar refractivity (Wildman–Crippen MR) is 122 cm³/mol. The Morgan fingerprint density at radius 3 is 1.50 bits per heavy atom. The Hall–Kier alpha value is -2.72. The minimum Gasteiger partial charge on any atom is -0.338 e. The Labute approximate surface area is 189 Å². The van der Waals surface area contributed by atoms with Gasteiger partial charge in [-0.15, -0.1) is 0 Å². The topological polar surface area (TPSA) is 100 Å². The van der Waals surface area contributed by atoms with Crippen molar-refractivity contribution in [2.24, 2.45) is 0 Å². The fourth-order valence-electron chi connectivity index (χ4n) is 3.78. The maximum absolute atomic E-state index is 12.5. The fourth-order valence-corrected chi connectivity index (χ4v) is 3.78. The molecule has 1 aliphatic rings. The molecule has 2 atom stereocenters. The van der Waals surface area contributed by atoms with Gasteiger partial charge in [-0.3, -0.25) is 19.0 Å². The zero-order chi connectivity index (χ0) is 23.1. The largest absolute Gasteiger partial charge is 0.338 e. The third-order valence-corrected chi connectivity index (χ3v) is 5.64. The van der Waals surface area contributed by atoms with Crippen molar-refractivity contribution in [1.29, 1.82) is 0 Å². The van der Waals surface area contributed by atoms with Gasteiger partial charge in [0, 0.05) is 50.7 Å². The number of hydrogen-bond donors (Lipinski definition) is 2. The van der Waals surface area contributed by atoms with E-state index in [1.807, 2.05) is 71.6 Å². The summed E-state index contributed by atoms with van der Waals surface area (Å²) in [7, 11) is 0. The summed E-state index contributed by atoms with van der Waals surface area (Å²) in [4.78, 5) is 28.7. The van der Waals surface area contributed by atoms with Crippen LogP contribution >= 0.6 is 0 Å². The van der Waals surface area contributed by atoms with E-state index in [2.05, 4.69) is 20.8 Å². The molecule has 10 heteroatoms. The second-order valence-corrected chi connectivity index (χ2v) is 8.80. The lowest BCUT2D eigenvalue weighted by atomic mass is 10.2. The van der Waals surface area contributed by atoms with Crippen molar-refractivity contribution in [3.05, 3.63) is 35.9 Å². The van der Waals surface area contributed by atoms with Crippen LogP contribution in [0.2, 0.25) is 0 Å². The van der Waals surface area contributed by atoms with Gasteiger partial charge < -0.3 is 20.4 Å². The zero-order valence-electron chi connectivity index (χ0n) is 19.6. The van der Waals surface area contributed by atoms with Crippen molar-refractivity contribution in [2.75, 3.05) is 39.3 Å². The van der Waals surface area contributed by atoms with Crippen molar-refractivity contribution in [3.8, 4) is 0 Å². The Bertz CT molecular complexity index is 812. The molecule has 2 aromatic rings. The molecule has 10 nitrogen and oxygen atoms in total. The summed E-state index contributed by atoms with van der Waals surface area (Å²) in [5.74, 6) is 0.142. The molecule has 0 aromatic carbocycles. The third kappa shape index (κ3) is 7.16. The molecule has 1 saturated heterocycles. The lowest BCUT2D eigenvalue weighted by Crippen LogP contribution is -2.54. The van der Waals surface area contributed by atoms with Crippen LogP contribution in [0.15, 0.2) is 24.8 Å². The van der Waals surface area contributed by atoms with E-state index in [9.17, 15) is 9.59 Å². The Balaban J connectivity index is 1.32. The highest BCUT2D eigenvalue weighted by Gasteiger charge is 2.24. The second-order valence-electron chi connectivity index (χ2n) is 8.80.